The van der Waals surface area contributed by atoms with Crippen LogP contribution in [0.2, 0.25) is 0 Å². The van der Waals surface area contributed by atoms with E-state index < -0.39 is 11.8 Å². The highest BCUT2D eigenvalue weighted by atomic mass is 16.2. The highest BCUT2D eigenvalue weighted by Crippen LogP contribution is 1.95. The van der Waals surface area contributed by atoms with Gasteiger partial charge in [0.1, 0.15) is 0 Å². The van der Waals surface area contributed by atoms with Gasteiger partial charge in [0.2, 0.25) is 0 Å². The number of piperazine rings is 1. The number of rotatable bonds is 3. The van der Waals surface area contributed by atoms with Crippen LogP contribution in [-0.4, -0.2) is 61.5 Å². The van der Waals surface area contributed by atoms with Crippen molar-refractivity contribution in [1.29, 1.82) is 0 Å². The Morgan fingerprint density at radius 2 is 1.71 bits per heavy atom. The van der Waals surface area contributed by atoms with Crippen molar-refractivity contribution in [2.45, 2.75) is 13.8 Å². The van der Waals surface area contributed by atoms with Crippen molar-refractivity contribution >= 4 is 11.8 Å². The second kappa shape index (κ2) is 6.56. The van der Waals surface area contributed by atoms with E-state index >= 15 is 0 Å². The van der Waals surface area contributed by atoms with Gasteiger partial charge in [-0.2, -0.15) is 0 Å². The molecule has 1 saturated heterocycles. The number of nitrogens with zero attached hydrogens (tertiary/aromatic N) is 2. The van der Waals surface area contributed by atoms with Gasteiger partial charge in [-0.1, -0.05) is 13.8 Å². The topological polar surface area (TPSA) is 64.7 Å². The number of likely N-dealkylation sites (N-methyl/N-ethyl adjacent to an activating group) is 1. The summed E-state index contributed by atoms with van der Waals surface area (Å²) >= 11 is 0. The minimum Gasteiger partial charge on any atom is -0.348 e. The van der Waals surface area contributed by atoms with Gasteiger partial charge in [0.15, 0.2) is 0 Å². The van der Waals surface area contributed by atoms with E-state index in [1.165, 1.54) is 0 Å². The van der Waals surface area contributed by atoms with Gasteiger partial charge in [-0.25, -0.2) is 5.01 Å². The molecule has 17 heavy (non-hydrogen) atoms. The summed E-state index contributed by atoms with van der Waals surface area (Å²) in [6.07, 6.45) is 0. The molecule has 0 saturated carbocycles. The van der Waals surface area contributed by atoms with Gasteiger partial charge in [-0.3, -0.25) is 15.0 Å². The van der Waals surface area contributed by atoms with Crippen LogP contribution in [0.15, 0.2) is 0 Å². The van der Waals surface area contributed by atoms with Gasteiger partial charge in [0.25, 0.3) is 0 Å². The summed E-state index contributed by atoms with van der Waals surface area (Å²) in [5, 5.41) is 4.38. The van der Waals surface area contributed by atoms with Crippen LogP contribution in [-0.2, 0) is 9.59 Å². The molecule has 0 aromatic rings. The van der Waals surface area contributed by atoms with Crippen LogP contribution < -0.4 is 10.7 Å². The normalized spacial score (nSPS) is 18.1. The van der Waals surface area contributed by atoms with Crippen LogP contribution in [0.5, 0.6) is 0 Å². The maximum atomic E-state index is 11.5. The lowest BCUT2D eigenvalue weighted by atomic mass is 10.2. The van der Waals surface area contributed by atoms with Crippen LogP contribution in [0.3, 0.4) is 0 Å². The summed E-state index contributed by atoms with van der Waals surface area (Å²) in [6.45, 7) is 7.79. The first-order valence-corrected chi connectivity index (χ1v) is 6.01. The van der Waals surface area contributed by atoms with Crippen molar-refractivity contribution in [3.8, 4) is 0 Å². The number of nitrogens with one attached hydrogen (secondary N) is 2. The third-order valence-corrected chi connectivity index (χ3v) is 2.64. The number of hydrogen-bond donors (Lipinski definition) is 2. The van der Waals surface area contributed by atoms with Gasteiger partial charge in [-0.15, -0.1) is 0 Å². The molecule has 1 aliphatic rings. The van der Waals surface area contributed by atoms with Crippen LogP contribution >= 0.6 is 0 Å². The van der Waals surface area contributed by atoms with Crippen molar-refractivity contribution in [3.63, 3.8) is 0 Å². The van der Waals surface area contributed by atoms with Gasteiger partial charge < -0.3 is 10.2 Å². The zero-order chi connectivity index (χ0) is 12.8. The molecule has 6 nitrogen and oxygen atoms in total. The van der Waals surface area contributed by atoms with Crippen molar-refractivity contribution in [2.75, 3.05) is 39.8 Å². The van der Waals surface area contributed by atoms with E-state index in [9.17, 15) is 9.59 Å². The Morgan fingerprint density at radius 1 is 1.12 bits per heavy atom. The smallest absolute Gasteiger partial charge is 0.323 e. The Hall–Kier alpha value is -1.14. The second-order valence-corrected chi connectivity index (χ2v) is 4.84. The summed E-state index contributed by atoms with van der Waals surface area (Å²) in [7, 11) is 2.04. The number of hydrogen-bond acceptors (Lipinski definition) is 4. The zero-order valence-corrected chi connectivity index (χ0v) is 10.8. The lowest BCUT2D eigenvalue weighted by Gasteiger charge is -2.32. The number of carbonyl (C=O) groups is 2. The lowest BCUT2D eigenvalue weighted by Crippen LogP contribution is -2.55. The molecule has 0 spiro atoms. The number of carbonyl (C=O) groups excluding carboxylic acids is 2. The van der Waals surface area contributed by atoms with E-state index in [2.05, 4.69) is 15.6 Å². The average molecular weight is 242 g/mol. The van der Waals surface area contributed by atoms with E-state index in [1.807, 2.05) is 20.9 Å². The third kappa shape index (κ3) is 5.14. The lowest BCUT2D eigenvalue weighted by molar-refractivity contribution is -0.142. The molecule has 0 aliphatic carbocycles. The van der Waals surface area contributed by atoms with Gasteiger partial charge in [0, 0.05) is 32.7 Å². The largest absolute Gasteiger partial charge is 0.348 e. The van der Waals surface area contributed by atoms with E-state index in [-0.39, 0.29) is 0 Å². The maximum Gasteiger partial charge on any atom is 0.323 e. The molecule has 0 bridgehead atoms. The second-order valence-electron chi connectivity index (χ2n) is 4.84. The maximum absolute atomic E-state index is 11.5. The van der Waals surface area contributed by atoms with Crippen LogP contribution in [0.25, 0.3) is 0 Å². The monoisotopic (exact) mass is 242 g/mol. The molecule has 98 valence electrons. The van der Waals surface area contributed by atoms with E-state index in [1.54, 1.807) is 5.01 Å². The summed E-state index contributed by atoms with van der Waals surface area (Å²) in [4.78, 5) is 25.1. The third-order valence-electron chi connectivity index (χ3n) is 2.64. The highest BCUT2D eigenvalue weighted by molar-refractivity contribution is 6.34. The molecule has 2 amide bonds. The van der Waals surface area contributed by atoms with Crippen molar-refractivity contribution < 1.29 is 9.59 Å². The minimum atomic E-state index is -0.574. The molecule has 1 rings (SSSR count). The molecule has 0 aromatic carbocycles. The summed E-state index contributed by atoms with van der Waals surface area (Å²) in [5.74, 6) is -0.789. The van der Waals surface area contributed by atoms with Crippen molar-refractivity contribution in [1.82, 2.24) is 20.7 Å². The Bertz CT molecular complexity index is 273. The van der Waals surface area contributed by atoms with Gasteiger partial charge >= 0.3 is 11.8 Å². The average Bonchev–Trinajstić information content (AvgIpc) is 2.28. The first kappa shape index (κ1) is 13.9. The van der Waals surface area contributed by atoms with Gasteiger partial charge in [-0.05, 0) is 13.0 Å². The first-order valence-electron chi connectivity index (χ1n) is 6.01. The molecule has 0 aromatic heterocycles. The molecule has 0 atom stereocenters. The Balaban J connectivity index is 2.26. The fourth-order valence-corrected chi connectivity index (χ4v) is 1.49. The summed E-state index contributed by atoms with van der Waals surface area (Å²) in [6, 6.07) is 0. The molecular formula is C11H22N4O2. The minimum absolute atomic E-state index is 0.343. The standard InChI is InChI=1S/C11H22N4O2/c1-9(2)8-12-10(16)11(17)13-15-6-4-14(3)5-7-15/h9H,4-8H2,1-3H3,(H,12,16)(H,13,17). The van der Waals surface area contributed by atoms with Crippen LogP contribution in [0, 0.1) is 5.92 Å². The van der Waals surface area contributed by atoms with E-state index in [0.717, 1.165) is 26.2 Å². The SMILES string of the molecule is CC(C)CNC(=O)C(=O)NN1CCN(C)CC1. The predicted octanol–water partition coefficient (Wildman–Crippen LogP) is -0.963. The van der Waals surface area contributed by atoms with Crippen molar-refractivity contribution in [2.24, 2.45) is 5.92 Å². The Kier molecular flexibility index (Phi) is 5.37. The predicted molar refractivity (Wildman–Crippen MR) is 65.1 cm³/mol. The number of amides is 2. The molecule has 6 heteroatoms. The molecule has 0 unspecified atom stereocenters. The molecule has 0 radical (unpaired) electrons. The zero-order valence-electron chi connectivity index (χ0n) is 10.8. The van der Waals surface area contributed by atoms with Gasteiger partial charge in [0.05, 0.1) is 0 Å². The quantitative estimate of drug-likeness (QED) is 0.626. The summed E-state index contributed by atoms with van der Waals surface area (Å²) < 4.78 is 0. The fourth-order valence-electron chi connectivity index (χ4n) is 1.49. The first-order chi connectivity index (χ1) is 7.99. The highest BCUT2D eigenvalue weighted by Gasteiger charge is 2.19. The Labute approximate surface area is 102 Å². The molecule has 1 heterocycles. The van der Waals surface area contributed by atoms with Crippen LogP contribution in [0.4, 0.5) is 0 Å². The van der Waals surface area contributed by atoms with Crippen LogP contribution in [0.1, 0.15) is 13.8 Å². The Morgan fingerprint density at radius 3 is 2.24 bits per heavy atom. The number of hydrazine groups is 1. The molecular weight excluding hydrogens is 220 g/mol. The molecule has 1 fully saturated rings. The van der Waals surface area contributed by atoms with E-state index in [4.69, 9.17) is 0 Å². The summed E-state index contributed by atoms with van der Waals surface area (Å²) in [5.41, 5.74) is 2.62. The van der Waals surface area contributed by atoms with Crippen molar-refractivity contribution in [3.05, 3.63) is 0 Å². The molecule has 2 N–H and O–H groups in total. The fraction of sp³-hybridized carbons (Fsp3) is 0.818. The van der Waals surface area contributed by atoms with E-state index in [0.29, 0.717) is 12.5 Å². The molecule has 1 aliphatic heterocycles.